The third kappa shape index (κ3) is 2.45. The molecular weight excluding hydrogens is 278 g/mol. The maximum absolute atomic E-state index is 12.1. The lowest BCUT2D eigenvalue weighted by Gasteiger charge is -2.26. The highest BCUT2D eigenvalue weighted by molar-refractivity contribution is 7.17. The number of ketones is 1. The van der Waals surface area contributed by atoms with Gasteiger partial charge in [-0.1, -0.05) is 37.6 Å². The minimum Gasteiger partial charge on any atom is -0.293 e. The van der Waals surface area contributed by atoms with Crippen molar-refractivity contribution in [2.45, 2.75) is 26.7 Å². The number of fused-ring (bicyclic) bond motifs is 1. The number of rotatable bonds is 1. The average Bonchev–Trinajstić information content (AvgIpc) is 2.72. The molecule has 2 nitrogen and oxygen atoms in total. The van der Waals surface area contributed by atoms with Crippen LogP contribution in [0.15, 0.2) is 24.3 Å². The van der Waals surface area contributed by atoms with E-state index in [9.17, 15) is 4.79 Å². The lowest BCUT2D eigenvalue weighted by atomic mass is 9.78. The fraction of sp³-hybridized carbons (Fsp3) is 0.333. The zero-order chi connectivity index (χ0) is 13.6. The molecule has 19 heavy (non-hydrogen) atoms. The van der Waals surface area contributed by atoms with Crippen molar-refractivity contribution in [1.29, 1.82) is 0 Å². The van der Waals surface area contributed by atoms with Gasteiger partial charge in [0.2, 0.25) is 0 Å². The van der Waals surface area contributed by atoms with E-state index in [2.05, 4.69) is 18.8 Å². The van der Waals surface area contributed by atoms with Crippen molar-refractivity contribution in [3.63, 3.8) is 0 Å². The maximum atomic E-state index is 12.1. The van der Waals surface area contributed by atoms with Gasteiger partial charge in [0.05, 0.1) is 10.6 Å². The minimum atomic E-state index is 0.0232. The Hall–Kier alpha value is -1.19. The molecule has 0 bridgehead atoms. The van der Waals surface area contributed by atoms with E-state index >= 15 is 0 Å². The summed E-state index contributed by atoms with van der Waals surface area (Å²) < 4.78 is 0. The van der Waals surface area contributed by atoms with Crippen LogP contribution < -0.4 is 0 Å². The van der Waals surface area contributed by atoms with Crippen molar-refractivity contribution in [2.75, 3.05) is 0 Å². The normalized spacial score (nSPS) is 17.3. The van der Waals surface area contributed by atoms with E-state index in [0.717, 1.165) is 27.6 Å². The number of Topliss-reactive ketones (excluding diaryl/α,β-unsaturated/α-hetero) is 1. The van der Waals surface area contributed by atoms with Crippen LogP contribution in [-0.4, -0.2) is 10.8 Å². The summed E-state index contributed by atoms with van der Waals surface area (Å²) in [5.74, 6) is 0.226. The number of benzene rings is 1. The second-order valence-electron chi connectivity index (χ2n) is 5.74. The first-order valence-electron chi connectivity index (χ1n) is 6.23. The Balaban J connectivity index is 2.03. The van der Waals surface area contributed by atoms with Crippen molar-refractivity contribution in [3.8, 4) is 10.6 Å². The van der Waals surface area contributed by atoms with Crippen LogP contribution in [0.5, 0.6) is 0 Å². The van der Waals surface area contributed by atoms with Gasteiger partial charge in [-0.05, 0) is 24.0 Å². The maximum Gasteiger partial charge on any atom is 0.175 e. The van der Waals surface area contributed by atoms with Crippen LogP contribution in [0.4, 0.5) is 0 Å². The Kier molecular flexibility index (Phi) is 2.99. The first-order valence-corrected chi connectivity index (χ1v) is 7.43. The average molecular weight is 292 g/mol. The third-order valence-electron chi connectivity index (χ3n) is 3.33. The predicted octanol–water partition coefficient (Wildman–Crippen LogP) is 4.62. The summed E-state index contributed by atoms with van der Waals surface area (Å²) in [5, 5.41) is 1.62. The Morgan fingerprint density at radius 1 is 1.21 bits per heavy atom. The molecular formula is C15H14ClNOS. The topological polar surface area (TPSA) is 30.0 Å². The first kappa shape index (κ1) is 12.8. The van der Waals surface area contributed by atoms with Crippen molar-refractivity contribution >= 4 is 28.7 Å². The molecule has 1 heterocycles. The Morgan fingerprint density at radius 3 is 2.58 bits per heavy atom. The molecule has 0 unspecified atom stereocenters. The molecule has 0 saturated heterocycles. The zero-order valence-electron chi connectivity index (χ0n) is 10.9. The number of hydrogen-bond donors (Lipinski definition) is 0. The van der Waals surface area contributed by atoms with Gasteiger partial charge in [-0.3, -0.25) is 4.79 Å². The van der Waals surface area contributed by atoms with E-state index in [0.29, 0.717) is 11.4 Å². The van der Waals surface area contributed by atoms with E-state index in [4.69, 9.17) is 11.6 Å². The Morgan fingerprint density at radius 2 is 1.89 bits per heavy atom. The summed E-state index contributed by atoms with van der Waals surface area (Å²) in [4.78, 5) is 17.6. The van der Waals surface area contributed by atoms with E-state index in [1.807, 2.05) is 24.3 Å². The van der Waals surface area contributed by atoms with Crippen molar-refractivity contribution in [3.05, 3.63) is 39.9 Å². The first-order chi connectivity index (χ1) is 8.94. The van der Waals surface area contributed by atoms with E-state index < -0.39 is 0 Å². The van der Waals surface area contributed by atoms with E-state index in [1.165, 1.54) is 11.3 Å². The number of hydrogen-bond acceptors (Lipinski definition) is 3. The highest BCUT2D eigenvalue weighted by Gasteiger charge is 2.33. The molecule has 1 aromatic heterocycles. The van der Waals surface area contributed by atoms with Gasteiger partial charge in [0.15, 0.2) is 5.78 Å². The molecule has 1 aliphatic rings. The van der Waals surface area contributed by atoms with Gasteiger partial charge in [0.25, 0.3) is 0 Å². The SMILES string of the molecule is CC1(C)CC(=O)c2sc(-c3ccc(Cl)cc3)nc2C1. The highest BCUT2D eigenvalue weighted by atomic mass is 35.5. The molecule has 1 aliphatic carbocycles. The molecule has 4 heteroatoms. The third-order valence-corrected chi connectivity index (χ3v) is 4.77. The molecule has 98 valence electrons. The van der Waals surface area contributed by atoms with Crippen LogP contribution in [-0.2, 0) is 6.42 Å². The molecule has 3 rings (SSSR count). The number of thiazole rings is 1. The highest BCUT2D eigenvalue weighted by Crippen LogP contribution is 2.39. The molecule has 0 spiro atoms. The van der Waals surface area contributed by atoms with Crippen molar-refractivity contribution in [1.82, 2.24) is 4.98 Å². The van der Waals surface area contributed by atoms with E-state index in [-0.39, 0.29) is 11.2 Å². The van der Waals surface area contributed by atoms with Crippen molar-refractivity contribution < 1.29 is 4.79 Å². The van der Waals surface area contributed by atoms with Crippen LogP contribution >= 0.6 is 22.9 Å². The van der Waals surface area contributed by atoms with Crippen LogP contribution in [0.25, 0.3) is 10.6 Å². The zero-order valence-corrected chi connectivity index (χ0v) is 12.4. The number of carbonyl (C=O) groups is 1. The number of carbonyl (C=O) groups excluding carboxylic acids is 1. The Bertz CT molecular complexity index is 643. The van der Waals surface area contributed by atoms with Gasteiger partial charge in [-0.15, -0.1) is 11.3 Å². The van der Waals surface area contributed by atoms with Crippen LogP contribution in [0.2, 0.25) is 5.02 Å². The standard InChI is InChI=1S/C15H14ClNOS/c1-15(2)7-11-13(12(18)8-15)19-14(17-11)9-3-5-10(16)6-4-9/h3-6H,7-8H2,1-2H3. The van der Waals surface area contributed by atoms with Gasteiger partial charge in [-0.2, -0.15) is 0 Å². The lowest BCUT2D eigenvalue weighted by Crippen LogP contribution is -2.25. The second kappa shape index (κ2) is 4.43. The summed E-state index contributed by atoms with van der Waals surface area (Å²) in [5.41, 5.74) is 2.00. The predicted molar refractivity (Wildman–Crippen MR) is 79.0 cm³/mol. The molecule has 0 saturated carbocycles. The molecule has 0 aliphatic heterocycles. The number of aromatic nitrogens is 1. The lowest BCUT2D eigenvalue weighted by molar-refractivity contribution is 0.0916. The summed E-state index contributed by atoms with van der Waals surface area (Å²) in [6, 6.07) is 7.59. The minimum absolute atomic E-state index is 0.0232. The van der Waals surface area contributed by atoms with Crippen LogP contribution in [0.3, 0.4) is 0 Å². The fourth-order valence-corrected chi connectivity index (χ4v) is 3.59. The molecule has 0 radical (unpaired) electrons. The Labute approximate surface area is 121 Å². The monoisotopic (exact) mass is 291 g/mol. The van der Waals surface area contributed by atoms with Gasteiger partial charge < -0.3 is 0 Å². The van der Waals surface area contributed by atoms with Crippen LogP contribution in [0.1, 0.15) is 35.6 Å². The molecule has 0 fully saturated rings. The fourth-order valence-electron chi connectivity index (χ4n) is 2.44. The van der Waals surface area contributed by atoms with E-state index in [1.54, 1.807) is 0 Å². The second-order valence-corrected chi connectivity index (χ2v) is 7.18. The largest absolute Gasteiger partial charge is 0.293 e. The van der Waals surface area contributed by atoms with Crippen LogP contribution in [0, 0.1) is 5.41 Å². The van der Waals surface area contributed by atoms with Gasteiger partial charge in [-0.25, -0.2) is 4.98 Å². The summed E-state index contributed by atoms with van der Waals surface area (Å²) in [6.45, 7) is 4.24. The molecule has 0 N–H and O–H groups in total. The van der Waals surface area contributed by atoms with Gasteiger partial charge in [0, 0.05) is 17.0 Å². The molecule has 1 aromatic carbocycles. The summed E-state index contributed by atoms with van der Waals surface area (Å²) in [7, 11) is 0. The molecule has 0 amide bonds. The quantitative estimate of drug-likeness (QED) is 0.767. The molecule has 0 atom stereocenters. The smallest absolute Gasteiger partial charge is 0.175 e. The summed E-state index contributed by atoms with van der Waals surface area (Å²) >= 11 is 7.39. The van der Waals surface area contributed by atoms with Gasteiger partial charge in [0.1, 0.15) is 5.01 Å². The molecule has 2 aromatic rings. The number of halogens is 1. The van der Waals surface area contributed by atoms with Gasteiger partial charge >= 0.3 is 0 Å². The van der Waals surface area contributed by atoms with Crippen molar-refractivity contribution in [2.24, 2.45) is 5.41 Å². The number of nitrogens with zero attached hydrogens (tertiary/aromatic N) is 1. The summed E-state index contributed by atoms with van der Waals surface area (Å²) in [6.07, 6.45) is 1.49.